The normalized spacial score (nSPS) is 10.9. The lowest BCUT2D eigenvalue weighted by Gasteiger charge is -2.16. The highest BCUT2D eigenvalue weighted by molar-refractivity contribution is 7.14. The standard InChI is InChI=1S/C20H15Cl2N5OS2/c1-3-6-27(19(28)17-11-29-18(24-17)13-8-23-26(2)9-13)20-25-16(10-30-20)12-4-5-14(21)15(22)7-12/h3-5,7-11H,1,6H2,2H3. The van der Waals surface area contributed by atoms with Crippen molar-refractivity contribution in [3.63, 3.8) is 0 Å². The highest BCUT2D eigenvalue weighted by Crippen LogP contribution is 2.32. The van der Waals surface area contributed by atoms with Gasteiger partial charge in [0, 0.05) is 41.7 Å². The number of aryl methyl sites for hydroxylation is 1. The van der Waals surface area contributed by atoms with Crippen LogP contribution in [0.2, 0.25) is 10.0 Å². The monoisotopic (exact) mass is 475 g/mol. The van der Waals surface area contributed by atoms with E-state index in [4.69, 9.17) is 23.2 Å². The summed E-state index contributed by atoms with van der Waals surface area (Å²) in [4.78, 5) is 23.8. The van der Waals surface area contributed by atoms with Gasteiger partial charge in [0.15, 0.2) is 5.13 Å². The second-order valence-electron chi connectivity index (χ2n) is 6.29. The number of nitrogens with zero attached hydrogens (tertiary/aromatic N) is 5. The topological polar surface area (TPSA) is 63.9 Å². The Labute approximate surface area is 191 Å². The van der Waals surface area contributed by atoms with Crippen LogP contribution in [0.4, 0.5) is 5.13 Å². The molecular formula is C20H15Cl2N5OS2. The van der Waals surface area contributed by atoms with Gasteiger partial charge in [0.05, 0.1) is 21.9 Å². The molecule has 0 fully saturated rings. The van der Waals surface area contributed by atoms with Gasteiger partial charge in [0.25, 0.3) is 5.91 Å². The summed E-state index contributed by atoms with van der Waals surface area (Å²) in [5.41, 5.74) is 2.76. The summed E-state index contributed by atoms with van der Waals surface area (Å²) >= 11 is 14.9. The zero-order valence-electron chi connectivity index (χ0n) is 15.7. The van der Waals surface area contributed by atoms with Crippen LogP contribution in [-0.2, 0) is 7.05 Å². The number of anilines is 1. The van der Waals surface area contributed by atoms with Crippen LogP contribution in [-0.4, -0.2) is 32.2 Å². The van der Waals surface area contributed by atoms with Gasteiger partial charge in [0.2, 0.25) is 0 Å². The van der Waals surface area contributed by atoms with E-state index in [-0.39, 0.29) is 5.91 Å². The Morgan fingerprint density at radius 1 is 1.20 bits per heavy atom. The molecule has 0 atom stereocenters. The zero-order chi connectivity index (χ0) is 21.3. The van der Waals surface area contributed by atoms with E-state index in [2.05, 4.69) is 21.6 Å². The average Bonchev–Trinajstić information content (AvgIpc) is 3.48. The van der Waals surface area contributed by atoms with Crippen molar-refractivity contribution in [3.8, 4) is 21.8 Å². The van der Waals surface area contributed by atoms with E-state index >= 15 is 0 Å². The Balaban J connectivity index is 1.62. The largest absolute Gasteiger partial charge is 0.279 e. The van der Waals surface area contributed by atoms with Gasteiger partial charge in [-0.25, -0.2) is 9.97 Å². The first-order chi connectivity index (χ1) is 14.5. The summed E-state index contributed by atoms with van der Waals surface area (Å²) < 4.78 is 1.70. The molecule has 30 heavy (non-hydrogen) atoms. The molecule has 6 nitrogen and oxygen atoms in total. The van der Waals surface area contributed by atoms with Crippen molar-refractivity contribution in [2.45, 2.75) is 0 Å². The van der Waals surface area contributed by atoms with Crippen molar-refractivity contribution in [1.29, 1.82) is 0 Å². The maximum Gasteiger partial charge on any atom is 0.279 e. The Bertz CT molecular complexity index is 1230. The first-order valence-electron chi connectivity index (χ1n) is 8.74. The number of carbonyl (C=O) groups is 1. The van der Waals surface area contributed by atoms with Crippen molar-refractivity contribution in [2.75, 3.05) is 11.4 Å². The second kappa shape index (κ2) is 8.69. The van der Waals surface area contributed by atoms with Crippen LogP contribution in [0.1, 0.15) is 10.5 Å². The summed E-state index contributed by atoms with van der Waals surface area (Å²) in [5.74, 6) is -0.240. The molecule has 0 bridgehead atoms. The summed E-state index contributed by atoms with van der Waals surface area (Å²) in [6.45, 7) is 4.08. The lowest BCUT2D eigenvalue weighted by molar-refractivity contribution is 0.0985. The van der Waals surface area contributed by atoms with Crippen LogP contribution < -0.4 is 4.90 Å². The fraction of sp³-hybridized carbons (Fsp3) is 0.100. The van der Waals surface area contributed by atoms with Crippen LogP contribution in [0.5, 0.6) is 0 Å². The quantitative estimate of drug-likeness (QED) is 0.330. The predicted octanol–water partition coefficient (Wildman–Crippen LogP) is 5.81. The number of hydrogen-bond acceptors (Lipinski definition) is 6. The Morgan fingerprint density at radius 3 is 2.73 bits per heavy atom. The van der Waals surface area contributed by atoms with Gasteiger partial charge in [-0.3, -0.25) is 14.4 Å². The summed E-state index contributed by atoms with van der Waals surface area (Å²) in [5, 5.41) is 9.99. The van der Waals surface area contributed by atoms with Crippen LogP contribution in [0.15, 0.2) is 54.0 Å². The molecule has 0 aliphatic carbocycles. The number of rotatable bonds is 6. The molecule has 1 amide bonds. The molecule has 1 aromatic carbocycles. The molecule has 4 aromatic rings. The number of amides is 1. The molecule has 0 N–H and O–H groups in total. The van der Waals surface area contributed by atoms with E-state index in [9.17, 15) is 4.79 Å². The van der Waals surface area contributed by atoms with Crippen LogP contribution in [0.3, 0.4) is 0 Å². The number of thiazole rings is 2. The van der Waals surface area contributed by atoms with Gasteiger partial charge in [-0.1, -0.05) is 35.3 Å². The molecule has 0 saturated heterocycles. The highest BCUT2D eigenvalue weighted by Gasteiger charge is 2.23. The van der Waals surface area contributed by atoms with Crippen LogP contribution in [0, 0.1) is 0 Å². The van der Waals surface area contributed by atoms with Crippen molar-refractivity contribution in [2.24, 2.45) is 7.05 Å². The molecule has 0 aliphatic rings. The van der Waals surface area contributed by atoms with Crippen molar-refractivity contribution in [1.82, 2.24) is 19.7 Å². The molecule has 0 saturated carbocycles. The van der Waals surface area contributed by atoms with Gasteiger partial charge in [-0.15, -0.1) is 29.3 Å². The fourth-order valence-corrected chi connectivity index (χ4v) is 4.64. The van der Waals surface area contributed by atoms with E-state index in [1.807, 2.05) is 24.7 Å². The molecular weight excluding hydrogens is 461 g/mol. The van der Waals surface area contributed by atoms with Gasteiger partial charge in [0.1, 0.15) is 10.7 Å². The fourth-order valence-electron chi connectivity index (χ4n) is 2.73. The summed E-state index contributed by atoms with van der Waals surface area (Å²) in [6, 6.07) is 5.32. The molecule has 3 aromatic heterocycles. The molecule has 4 rings (SSSR count). The lowest BCUT2D eigenvalue weighted by atomic mass is 10.2. The molecule has 0 spiro atoms. The Kier molecular flexibility index (Phi) is 6.01. The van der Waals surface area contributed by atoms with Crippen molar-refractivity contribution in [3.05, 3.63) is 69.7 Å². The van der Waals surface area contributed by atoms with E-state index in [1.165, 1.54) is 22.7 Å². The van der Waals surface area contributed by atoms with Crippen LogP contribution in [0.25, 0.3) is 21.8 Å². The van der Waals surface area contributed by atoms with E-state index in [1.54, 1.807) is 39.4 Å². The Morgan fingerprint density at radius 2 is 2.03 bits per heavy atom. The lowest BCUT2D eigenvalue weighted by Crippen LogP contribution is -2.31. The second-order valence-corrected chi connectivity index (χ2v) is 8.80. The third-order valence-electron chi connectivity index (χ3n) is 4.17. The molecule has 0 radical (unpaired) electrons. The third kappa shape index (κ3) is 4.17. The molecule has 0 aliphatic heterocycles. The minimum Gasteiger partial charge on any atom is -0.279 e. The zero-order valence-corrected chi connectivity index (χ0v) is 18.9. The number of hydrogen-bond donors (Lipinski definition) is 0. The maximum atomic E-state index is 13.2. The molecule has 10 heteroatoms. The highest BCUT2D eigenvalue weighted by atomic mass is 35.5. The number of benzene rings is 1. The number of aromatic nitrogens is 4. The van der Waals surface area contributed by atoms with Crippen LogP contribution >= 0.6 is 45.9 Å². The first kappa shape index (κ1) is 20.7. The number of carbonyl (C=O) groups excluding carboxylic acids is 1. The average molecular weight is 476 g/mol. The maximum absolute atomic E-state index is 13.2. The Hall–Kier alpha value is -2.52. The van der Waals surface area contributed by atoms with Crippen molar-refractivity contribution < 1.29 is 4.79 Å². The minimum atomic E-state index is -0.240. The van der Waals surface area contributed by atoms with Gasteiger partial charge >= 0.3 is 0 Å². The van der Waals surface area contributed by atoms with Gasteiger partial charge in [-0.2, -0.15) is 5.10 Å². The molecule has 0 unspecified atom stereocenters. The smallest absolute Gasteiger partial charge is 0.279 e. The van der Waals surface area contributed by atoms with E-state index < -0.39 is 0 Å². The number of halogens is 2. The minimum absolute atomic E-state index is 0.240. The van der Waals surface area contributed by atoms with Gasteiger partial charge in [-0.05, 0) is 12.1 Å². The van der Waals surface area contributed by atoms with Gasteiger partial charge < -0.3 is 0 Å². The van der Waals surface area contributed by atoms with Crippen molar-refractivity contribution >= 4 is 56.9 Å². The molecule has 3 heterocycles. The molecule has 152 valence electrons. The van der Waals surface area contributed by atoms with E-state index in [0.717, 1.165) is 16.1 Å². The SMILES string of the molecule is C=CCN(C(=O)c1csc(-c2cnn(C)c2)n1)c1nc(-c2ccc(Cl)c(Cl)c2)cs1. The summed E-state index contributed by atoms with van der Waals surface area (Å²) in [7, 11) is 1.84. The summed E-state index contributed by atoms with van der Waals surface area (Å²) in [6.07, 6.45) is 5.24. The first-order valence-corrected chi connectivity index (χ1v) is 11.3. The predicted molar refractivity (Wildman–Crippen MR) is 124 cm³/mol. The van der Waals surface area contributed by atoms with E-state index in [0.29, 0.717) is 33.1 Å². The third-order valence-corrected chi connectivity index (χ3v) is 6.66.